The number of carbonyl (C=O) groups is 2. The van der Waals surface area contributed by atoms with Gasteiger partial charge >= 0.3 is 11.8 Å². The minimum Gasteiger partial charge on any atom is -0.334 e. The maximum absolute atomic E-state index is 13.2. The van der Waals surface area contributed by atoms with Gasteiger partial charge in [0.25, 0.3) is 0 Å². The van der Waals surface area contributed by atoms with E-state index in [0.29, 0.717) is 6.04 Å². The van der Waals surface area contributed by atoms with Gasteiger partial charge in [-0.3, -0.25) is 9.59 Å². The molecule has 0 radical (unpaired) electrons. The Balaban J connectivity index is 2.01. The number of rotatable bonds is 2. The van der Waals surface area contributed by atoms with Crippen molar-refractivity contribution in [1.82, 2.24) is 9.80 Å². The van der Waals surface area contributed by atoms with E-state index >= 15 is 0 Å². The van der Waals surface area contributed by atoms with E-state index in [0.717, 1.165) is 25.5 Å². The van der Waals surface area contributed by atoms with Crippen LogP contribution in [-0.2, 0) is 9.59 Å². The molecule has 5 nitrogen and oxygen atoms in total. The molecule has 0 aromatic heterocycles. The van der Waals surface area contributed by atoms with E-state index in [1.807, 2.05) is 7.05 Å². The smallest absolute Gasteiger partial charge is 0.313 e. The number of likely N-dealkylation sites (N-methyl/N-ethyl adjacent to an activating group) is 1. The molecule has 0 unspecified atom stereocenters. The second-order valence-electron chi connectivity index (χ2n) is 6.00. The highest BCUT2D eigenvalue weighted by Crippen LogP contribution is 2.23. The van der Waals surface area contributed by atoms with E-state index in [9.17, 15) is 14.0 Å². The van der Waals surface area contributed by atoms with Crippen molar-refractivity contribution in [3.8, 4) is 0 Å². The van der Waals surface area contributed by atoms with Gasteiger partial charge in [0.1, 0.15) is 5.82 Å². The Morgan fingerprint density at radius 2 is 2.13 bits per heavy atom. The molecular formula is C16H21ClFN3O2. The monoisotopic (exact) mass is 341 g/mol. The summed E-state index contributed by atoms with van der Waals surface area (Å²) in [4.78, 5) is 28.1. The normalized spacial score (nSPS) is 21.8. The van der Waals surface area contributed by atoms with Gasteiger partial charge in [-0.25, -0.2) is 4.39 Å². The second-order valence-corrected chi connectivity index (χ2v) is 6.41. The Labute approximate surface area is 140 Å². The Morgan fingerprint density at radius 3 is 2.78 bits per heavy atom. The van der Waals surface area contributed by atoms with Crippen LogP contribution in [0.3, 0.4) is 0 Å². The fourth-order valence-corrected chi connectivity index (χ4v) is 2.88. The molecule has 1 aliphatic rings. The Hall–Kier alpha value is -1.66. The fraction of sp³-hybridized carbons (Fsp3) is 0.500. The lowest BCUT2D eigenvalue weighted by Crippen LogP contribution is -2.50. The zero-order valence-corrected chi connectivity index (χ0v) is 14.2. The molecule has 1 N–H and O–H groups in total. The molecule has 23 heavy (non-hydrogen) atoms. The standard InChI is InChI=1S/C16H21ClFN3O2/c1-10-8-12(6-7-20(10)2)21(3)16(23)15(22)19-14-9-11(18)4-5-13(14)17/h4-5,9-10,12H,6-8H2,1-3H3,(H,19,22)/t10-,12-/m0/s1. The summed E-state index contributed by atoms with van der Waals surface area (Å²) in [6.07, 6.45) is 1.63. The van der Waals surface area contributed by atoms with Gasteiger partial charge in [-0.15, -0.1) is 0 Å². The first kappa shape index (κ1) is 17.7. The van der Waals surface area contributed by atoms with Crippen molar-refractivity contribution in [2.75, 3.05) is 26.0 Å². The summed E-state index contributed by atoms with van der Waals surface area (Å²) in [5, 5.41) is 2.56. The topological polar surface area (TPSA) is 52.7 Å². The molecule has 7 heteroatoms. The summed E-state index contributed by atoms with van der Waals surface area (Å²) in [6, 6.07) is 3.98. The van der Waals surface area contributed by atoms with Crippen LogP contribution < -0.4 is 5.32 Å². The lowest BCUT2D eigenvalue weighted by atomic mass is 9.97. The van der Waals surface area contributed by atoms with Gasteiger partial charge < -0.3 is 15.1 Å². The molecule has 1 aliphatic heterocycles. The molecule has 0 bridgehead atoms. The summed E-state index contributed by atoms with van der Waals surface area (Å²) in [5.74, 6) is -1.99. The van der Waals surface area contributed by atoms with Crippen molar-refractivity contribution in [3.05, 3.63) is 29.0 Å². The number of anilines is 1. The first-order valence-electron chi connectivity index (χ1n) is 7.53. The number of amides is 2. The highest BCUT2D eigenvalue weighted by atomic mass is 35.5. The molecule has 1 aromatic rings. The zero-order valence-electron chi connectivity index (χ0n) is 13.5. The maximum atomic E-state index is 13.2. The zero-order chi connectivity index (χ0) is 17.1. The van der Waals surface area contributed by atoms with Crippen LogP contribution in [0.5, 0.6) is 0 Å². The minimum atomic E-state index is -0.813. The summed E-state index contributed by atoms with van der Waals surface area (Å²) in [6.45, 7) is 2.97. The van der Waals surface area contributed by atoms with Crippen LogP contribution in [-0.4, -0.2) is 54.3 Å². The average molecular weight is 342 g/mol. The Bertz CT molecular complexity index is 611. The molecule has 1 aromatic carbocycles. The molecule has 1 fully saturated rings. The lowest BCUT2D eigenvalue weighted by molar-refractivity contribution is -0.144. The van der Waals surface area contributed by atoms with Crippen molar-refractivity contribution in [2.45, 2.75) is 31.8 Å². The second kappa shape index (κ2) is 7.27. The van der Waals surface area contributed by atoms with Crippen molar-refractivity contribution in [3.63, 3.8) is 0 Å². The summed E-state index contributed by atoms with van der Waals surface area (Å²) < 4.78 is 13.2. The highest BCUT2D eigenvalue weighted by molar-refractivity contribution is 6.41. The molecule has 0 spiro atoms. The molecule has 2 rings (SSSR count). The van der Waals surface area contributed by atoms with Crippen LogP contribution >= 0.6 is 11.6 Å². The number of likely N-dealkylation sites (tertiary alicyclic amines) is 1. The quantitative estimate of drug-likeness (QED) is 0.840. The van der Waals surface area contributed by atoms with Crippen LogP contribution in [0.25, 0.3) is 0 Å². The summed E-state index contributed by atoms with van der Waals surface area (Å²) in [7, 11) is 3.67. The Morgan fingerprint density at radius 1 is 1.43 bits per heavy atom. The maximum Gasteiger partial charge on any atom is 0.313 e. The van der Waals surface area contributed by atoms with Gasteiger partial charge in [-0.1, -0.05) is 11.6 Å². The van der Waals surface area contributed by atoms with Gasteiger partial charge in [0.15, 0.2) is 0 Å². The number of piperidine rings is 1. The number of nitrogens with one attached hydrogen (secondary N) is 1. The van der Waals surface area contributed by atoms with E-state index in [4.69, 9.17) is 11.6 Å². The Kier molecular flexibility index (Phi) is 5.59. The third-order valence-corrected chi connectivity index (χ3v) is 4.75. The molecule has 2 atom stereocenters. The van der Waals surface area contributed by atoms with Crippen LogP contribution in [0.2, 0.25) is 5.02 Å². The van der Waals surface area contributed by atoms with Gasteiger partial charge in [0, 0.05) is 25.7 Å². The summed E-state index contributed by atoms with van der Waals surface area (Å²) in [5.41, 5.74) is 0.0927. The van der Waals surface area contributed by atoms with E-state index in [2.05, 4.69) is 17.1 Å². The van der Waals surface area contributed by atoms with Crippen LogP contribution in [0, 0.1) is 5.82 Å². The largest absolute Gasteiger partial charge is 0.334 e. The van der Waals surface area contributed by atoms with Gasteiger partial charge in [-0.05, 0) is 45.0 Å². The molecule has 0 aliphatic carbocycles. The first-order valence-corrected chi connectivity index (χ1v) is 7.90. The van der Waals surface area contributed by atoms with Crippen LogP contribution in [0.4, 0.5) is 10.1 Å². The molecule has 0 saturated carbocycles. The number of nitrogens with zero attached hydrogens (tertiary/aromatic N) is 2. The van der Waals surface area contributed by atoms with Crippen molar-refractivity contribution in [2.24, 2.45) is 0 Å². The average Bonchev–Trinajstić information content (AvgIpc) is 2.52. The number of hydrogen-bond donors (Lipinski definition) is 1. The van der Waals surface area contributed by atoms with Crippen molar-refractivity contribution >= 4 is 29.1 Å². The van der Waals surface area contributed by atoms with Crippen molar-refractivity contribution < 1.29 is 14.0 Å². The minimum absolute atomic E-state index is 0.0161. The van der Waals surface area contributed by atoms with Crippen molar-refractivity contribution in [1.29, 1.82) is 0 Å². The van der Waals surface area contributed by atoms with Gasteiger partial charge in [0.05, 0.1) is 10.7 Å². The first-order chi connectivity index (χ1) is 10.8. The summed E-state index contributed by atoms with van der Waals surface area (Å²) >= 11 is 5.90. The number of hydrogen-bond acceptors (Lipinski definition) is 3. The number of halogens is 2. The molecular weight excluding hydrogens is 321 g/mol. The van der Waals surface area contributed by atoms with E-state index in [1.165, 1.54) is 17.0 Å². The highest BCUT2D eigenvalue weighted by Gasteiger charge is 2.30. The number of carbonyl (C=O) groups excluding carboxylic acids is 2. The third-order valence-electron chi connectivity index (χ3n) is 4.42. The predicted molar refractivity (Wildman–Crippen MR) is 87.9 cm³/mol. The van der Waals surface area contributed by atoms with Crippen LogP contribution in [0.15, 0.2) is 18.2 Å². The molecule has 126 valence electrons. The van der Waals surface area contributed by atoms with E-state index < -0.39 is 17.6 Å². The third kappa shape index (κ3) is 4.20. The molecule has 2 amide bonds. The van der Waals surface area contributed by atoms with Gasteiger partial charge in [0.2, 0.25) is 0 Å². The fourth-order valence-electron chi connectivity index (χ4n) is 2.71. The van der Waals surface area contributed by atoms with E-state index in [-0.39, 0.29) is 16.8 Å². The SMILES string of the molecule is C[C@H]1C[C@@H](N(C)C(=O)C(=O)Nc2cc(F)ccc2Cl)CCN1C. The number of benzene rings is 1. The van der Waals surface area contributed by atoms with Crippen LogP contribution in [0.1, 0.15) is 19.8 Å². The molecule has 1 heterocycles. The van der Waals surface area contributed by atoms with Gasteiger partial charge in [-0.2, -0.15) is 0 Å². The molecule has 1 saturated heterocycles. The van der Waals surface area contributed by atoms with E-state index in [1.54, 1.807) is 7.05 Å². The predicted octanol–water partition coefficient (Wildman–Crippen LogP) is 2.36. The lowest BCUT2D eigenvalue weighted by Gasteiger charge is -2.39.